The summed E-state index contributed by atoms with van der Waals surface area (Å²) in [6, 6.07) is 6.98. The van der Waals surface area contributed by atoms with Crippen molar-refractivity contribution >= 4 is 11.6 Å². The Morgan fingerprint density at radius 3 is 2.55 bits per heavy atom. The third-order valence-electron chi connectivity index (χ3n) is 3.23. The summed E-state index contributed by atoms with van der Waals surface area (Å²) in [6.45, 7) is 3.50. The number of aryl methyl sites for hydroxylation is 1. The predicted octanol–water partition coefficient (Wildman–Crippen LogP) is 2.76. The maximum absolute atomic E-state index is 12.0. The van der Waals surface area contributed by atoms with Crippen LogP contribution in [0.3, 0.4) is 0 Å². The van der Waals surface area contributed by atoms with Crippen molar-refractivity contribution in [1.82, 2.24) is 5.43 Å². The van der Waals surface area contributed by atoms with Crippen LogP contribution in [0.25, 0.3) is 0 Å². The van der Waals surface area contributed by atoms with Crippen LogP contribution < -0.4 is 14.9 Å². The second-order valence-corrected chi connectivity index (χ2v) is 4.59. The quantitative estimate of drug-likeness (QED) is 0.681. The van der Waals surface area contributed by atoms with Crippen LogP contribution in [-0.2, 0) is 0 Å². The Balaban J connectivity index is 2.22. The van der Waals surface area contributed by atoms with Crippen LogP contribution in [0.2, 0.25) is 0 Å². The summed E-state index contributed by atoms with van der Waals surface area (Å²) in [5.74, 6) is 1.55. The van der Waals surface area contributed by atoms with Gasteiger partial charge in [0, 0.05) is 5.56 Å². The van der Waals surface area contributed by atoms with E-state index in [2.05, 4.69) is 10.5 Å². The van der Waals surface area contributed by atoms with E-state index >= 15 is 0 Å². The number of hydrogen-bond acceptors (Lipinski definition) is 5. The topological polar surface area (TPSA) is 73.1 Å². The lowest BCUT2D eigenvalue weighted by Gasteiger charge is -2.10. The predicted molar refractivity (Wildman–Crippen MR) is 82.7 cm³/mol. The summed E-state index contributed by atoms with van der Waals surface area (Å²) >= 11 is 0. The van der Waals surface area contributed by atoms with Gasteiger partial charge in [0.1, 0.15) is 17.3 Å². The maximum Gasteiger partial charge on any atom is 0.274 e. The van der Waals surface area contributed by atoms with E-state index < -0.39 is 0 Å². The van der Waals surface area contributed by atoms with E-state index in [0.717, 1.165) is 5.56 Å². The summed E-state index contributed by atoms with van der Waals surface area (Å²) < 4.78 is 15.6. The van der Waals surface area contributed by atoms with Crippen molar-refractivity contribution in [3.8, 4) is 11.5 Å². The molecule has 0 aliphatic carbocycles. The Morgan fingerprint density at radius 1 is 1.18 bits per heavy atom. The molecule has 0 aliphatic heterocycles. The van der Waals surface area contributed by atoms with Gasteiger partial charge in [0.2, 0.25) is 0 Å². The number of carbonyl (C=O) groups is 1. The molecule has 1 amide bonds. The molecule has 0 spiro atoms. The molecule has 116 valence electrons. The Kier molecular flexibility index (Phi) is 4.83. The SMILES string of the molecule is COc1ccc(OC)c(/C(C)=N\NC(=O)c2ccoc2C)c1. The van der Waals surface area contributed by atoms with Gasteiger partial charge in [0.25, 0.3) is 5.91 Å². The van der Waals surface area contributed by atoms with E-state index in [0.29, 0.717) is 28.5 Å². The number of nitrogens with zero attached hydrogens (tertiary/aromatic N) is 1. The third-order valence-corrected chi connectivity index (χ3v) is 3.23. The molecular weight excluding hydrogens is 284 g/mol. The minimum Gasteiger partial charge on any atom is -0.497 e. The molecule has 0 radical (unpaired) electrons. The number of rotatable bonds is 5. The molecule has 0 saturated heterocycles. The van der Waals surface area contributed by atoms with E-state index in [9.17, 15) is 4.79 Å². The highest BCUT2D eigenvalue weighted by molar-refractivity contribution is 6.03. The van der Waals surface area contributed by atoms with Gasteiger partial charge in [-0.05, 0) is 38.1 Å². The minimum atomic E-state index is -0.326. The molecule has 6 nitrogen and oxygen atoms in total. The number of benzene rings is 1. The van der Waals surface area contributed by atoms with Crippen molar-refractivity contribution in [2.45, 2.75) is 13.8 Å². The lowest BCUT2D eigenvalue weighted by atomic mass is 10.1. The molecule has 1 N–H and O–H groups in total. The highest BCUT2D eigenvalue weighted by Crippen LogP contribution is 2.24. The van der Waals surface area contributed by atoms with Crippen LogP contribution in [0.1, 0.15) is 28.6 Å². The molecule has 22 heavy (non-hydrogen) atoms. The van der Waals surface area contributed by atoms with E-state index in [-0.39, 0.29) is 5.91 Å². The van der Waals surface area contributed by atoms with E-state index in [1.165, 1.54) is 6.26 Å². The van der Waals surface area contributed by atoms with E-state index in [1.54, 1.807) is 52.3 Å². The third kappa shape index (κ3) is 3.28. The van der Waals surface area contributed by atoms with Crippen molar-refractivity contribution < 1.29 is 18.7 Å². The standard InChI is InChI=1S/C16H18N2O4/c1-10(14-9-12(20-3)5-6-15(14)21-4)17-18-16(19)13-7-8-22-11(13)2/h5-9H,1-4H3,(H,18,19)/b17-10-. The number of amides is 1. The molecule has 0 saturated carbocycles. The minimum absolute atomic E-state index is 0.326. The Morgan fingerprint density at radius 2 is 1.95 bits per heavy atom. The lowest BCUT2D eigenvalue weighted by molar-refractivity contribution is 0.0953. The van der Waals surface area contributed by atoms with Gasteiger partial charge in [0.15, 0.2) is 0 Å². The van der Waals surface area contributed by atoms with Gasteiger partial charge >= 0.3 is 0 Å². The van der Waals surface area contributed by atoms with Crippen LogP contribution in [-0.4, -0.2) is 25.8 Å². The zero-order chi connectivity index (χ0) is 16.1. The molecule has 0 bridgehead atoms. The molecular formula is C16H18N2O4. The maximum atomic E-state index is 12.0. The number of hydrogen-bond donors (Lipinski definition) is 1. The van der Waals surface area contributed by atoms with Gasteiger partial charge in [-0.15, -0.1) is 0 Å². The normalized spacial score (nSPS) is 11.2. The van der Waals surface area contributed by atoms with Gasteiger partial charge in [0.05, 0.1) is 31.8 Å². The van der Waals surface area contributed by atoms with Crippen LogP contribution in [0.4, 0.5) is 0 Å². The Labute approximate surface area is 128 Å². The number of ether oxygens (including phenoxy) is 2. The summed E-state index contributed by atoms with van der Waals surface area (Å²) in [5.41, 5.74) is 4.30. The van der Waals surface area contributed by atoms with Crippen LogP contribution >= 0.6 is 0 Å². The first kappa shape index (κ1) is 15.6. The summed E-state index contributed by atoms with van der Waals surface area (Å²) in [6.07, 6.45) is 1.46. The molecule has 0 atom stereocenters. The Hall–Kier alpha value is -2.76. The Bertz CT molecular complexity index is 704. The number of hydrazone groups is 1. The van der Waals surface area contributed by atoms with Crippen molar-refractivity contribution in [3.05, 3.63) is 47.4 Å². The molecule has 1 aromatic carbocycles. The number of furan rings is 1. The summed E-state index contributed by atoms with van der Waals surface area (Å²) in [5, 5.41) is 4.12. The van der Waals surface area contributed by atoms with Gasteiger partial charge < -0.3 is 13.9 Å². The van der Waals surface area contributed by atoms with Crippen molar-refractivity contribution in [2.75, 3.05) is 14.2 Å². The number of nitrogens with one attached hydrogen (secondary N) is 1. The van der Waals surface area contributed by atoms with E-state index in [1.807, 2.05) is 0 Å². The fraction of sp³-hybridized carbons (Fsp3) is 0.250. The van der Waals surface area contributed by atoms with Gasteiger partial charge in [-0.2, -0.15) is 5.10 Å². The van der Waals surface area contributed by atoms with Gasteiger partial charge in [-0.1, -0.05) is 0 Å². The highest BCUT2D eigenvalue weighted by Gasteiger charge is 2.12. The monoisotopic (exact) mass is 302 g/mol. The van der Waals surface area contributed by atoms with Crippen LogP contribution in [0.15, 0.2) is 40.0 Å². The largest absolute Gasteiger partial charge is 0.497 e. The molecule has 0 fully saturated rings. The molecule has 1 heterocycles. The zero-order valence-electron chi connectivity index (χ0n) is 13.0. The molecule has 1 aromatic heterocycles. The average molecular weight is 302 g/mol. The van der Waals surface area contributed by atoms with Gasteiger partial charge in [-0.3, -0.25) is 4.79 Å². The average Bonchev–Trinajstić information content (AvgIpc) is 2.97. The first-order valence-electron chi connectivity index (χ1n) is 6.68. The van der Waals surface area contributed by atoms with Gasteiger partial charge in [-0.25, -0.2) is 5.43 Å². The number of carbonyl (C=O) groups excluding carboxylic acids is 1. The molecule has 2 rings (SSSR count). The molecule has 2 aromatic rings. The number of methoxy groups -OCH3 is 2. The second-order valence-electron chi connectivity index (χ2n) is 4.59. The van der Waals surface area contributed by atoms with Crippen molar-refractivity contribution in [1.29, 1.82) is 0 Å². The molecule has 0 aliphatic rings. The molecule has 0 unspecified atom stereocenters. The van der Waals surface area contributed by atoms with Crippen molar-refractivity contribution in [3.63, 3.8) is 0 Å². The fourth-order valence-electron chi connectivity index (χ4n) is 1.97. The fourth-order valence-corrected chi connectivity index (χ4v) is 1.97. The first-order chi connectivity index (χ1) is 10.6. The van der Waals surface area contributed by atoms with Crippen molar-refractivity contribution in [2.24, 2.45) is 5.10 Å². The van der Waals surface area contributed by atoms with Crippen LogP contribution in [0, 0.1) is 6.92 Å². The second kappa shape index (κ2) is 6.80. The first-order valence-corrected chi connectivity index (χ1v) is 6.68. The van der Waals surface area contributed by atoms with Crippen LogP contribution in [0.5, 0.6) is 11.5 Å². The molecule has 6 heteroatoms. The summed E-state index contributed by atoms with van der Waals surface area (Å²) in [4.78, 5) is 12.0. The summed E-state index contributed by atoms with van der Waals surface area (Å²) in [7, 11) is 3.16. The highest BCUT2D eigenvalue weighted by atomic mass is 16.5. The lowest BCUT2D eigenvalue weighted by Crippen LogP contribution is -2.19. The smallest absolute Gasteiger partial charge is 0.274 e. The zero-order valence-corrected chi connectivity index (χ0v) is 13.0. The van der Waals surface area contributed by atoms with E-state index in [4.69, 9.17) is 13.9 Å².